The van der Waals surface area contributed by atoms with E-state index in [0.29, 0.717) is 0 Å². The summed E-state index contributed by atoms with van der Waals surface area (Å²) in [6, 6.07) is 25.8. The summed E-state index contributed by atoms with van der Waals surface area (Å²) in [4.78, 5) is 5.04. The monoisotopic (exact) mass is 367 g/mol. The van der Waals surface area contributed by atoms with Crippen molar-refractivity contribution in [2.75, 3.05) is 4.90 Å². The smallest absolute Gasteiger partial charge is 0.0556 e. The lowest BCUT2D eigenvalue weighted by Gasteiger charge is -2.32. The first kappa shape index (κ1) is 13.9. The summed E-state index contributed by atoms with van der Waals surface area (Å²) in [5.74, 6) is 0. The van der Waals surface area contributed by atoms with Crippen LogP contribution in [0.4, 0.5) is 11.4 Å². The lowest BCUT2D eigenvalue weighted by atomic mass is 10.1. The van der Waals surface area contributed by atoms with Crippen molar-refractivity contribution in [3.63, 3.8) is 0 Å². The van der Waals surface area contributed by atoms with Gasteiger partial charge in [0.2, 0.25) is 0 Å². The molecule has 1 aliphatic rings. The lowest BCUT2D eigenvalue weighted by Crippen LogP contribution is -2.20. The fourth-order valence-corrected chi connectivity index (χ4v) is 4.08. The summed E-state index contributed by atoms with van der Waals surface area (Å²) in [5.41, 5.74) is 3.88. The Morgan fingerprint density at radius 1 is 0.727 bits per heavy atom. The third kappa shape index (κ3) is 2.55. The summed E-state index contributed by atoms with van der Waals surface area (Å²) >= 11 is 5.36. The molecule has 0 saturated heterocycles. The topological polar surface area (TPSA) is 3.24 Å². The second kappa shape index (κ2) is 5.82. The zero-order valence-electron chi connectivity index (χ0n) is 11.9. The molecule has 108 valence electrons. The van der Waals surface area contributed by atoms with E-state index in [9.17, 15) is 0 Å². The number of para-hydroxylation sites is 2. The maximum absolute atomic E-state index is 3.51. The van der Waals surface area contributed by atoms with Gasteiger partial charge in [-0.2, -0.15) is 0 Å². The summed E-state index contributed by atoms with van der Waals surface area (Å²) in [6.07, 6.45) is 0. The van der Waals surface area contributed by atoms with E-state index in [2.05, 4.69) is 93.6 Å². The van der Waals surface area contributed by atoms with Crippen LogP contribution in [0.5, 0.6) is 0 Å². The van der Waals surface area contributed by atoms with Crippen LogP contribution >= 0.6 is 27.7 Å². The molecule has 0 amide bonds. The van der Waals surface area contributed by atoms with E-state index in [1.807, 2.05) is 11.8 Å². The van der Waals surface area contributed by atoms with E-state index >= 15 is 0 Å². The van der Waals surface area contributed by atoms with Gasteiger partial charge in [0.1, 0.15) is 0 Å². The predicted octanol–water partition coefficient (Wildman–Crippen LogP) is 6.25. The average molecular weight is 368 g/mol. The van der Waals surface area contributed by atoms with Crippen LogP contribution in [0.1, 0.15) is 5.56 Å². The van der Waals surface area contributed by atoms with E-state index in [1.165, 1.54) is 26.7 Å². The van der Waals surface area contributed by atoms with Crippen LogP contribution in [0.15, 0.2) is 87.1 Å². The van der Waals surface area contributed by atoms with E-state index in [1.54, 1.807) is 0 Å². The SMILES string of the molecule is Brc1ccc(CN2c3ccccc3Sc3ccccc32)cc1. The molecule has 3 aromatic carbocycles. The molecule has 3 heteroatoms. The molecule has 22 heavy (non-hydrogen) atoms. The second-order valence-corrected chi connectivity index (χ2v) is 7.25. The van der Waals surface area contributed by atoms with Gasteiger partial charge in [-0.1, -0.05) is 64.1 Å². The molecule has 1 heterocycles. The number of benzene rings is 3. The van der Waals surface area contributed by atoms with Crippen LogP contribution in [0.3, 0.4) is 0 Å². The molecule has 0 N–H and O–H groups in total. The Bertz CT molecular complexity index is 768. The quantitative estimate of drug-likeness (QED) is 0.526. The average Bonchev–Trinajstić information content (AvgIpc) is 2.56. The van der Waals surface area contributed by atoms with Gasteiger partial charge in [0, 0.05) is 20.8 Å². The summed E-state index contributed by atoms with van der Waals surface area (Å²) in [5, 5.41) is 0. The first-order valence-electron chi connectivity index (χ1n) is 7.19. The van der Waals surface area contributed by atoms with Crippen LogP contribution in [-0.4, -0.2) is 0 Å². The van der Waals surface area contributed by atoms with Crippen molar-refractivity contribution >= 4 is 39.1 Å². The molecule has 0 atom stereocenters. The van der Waals surface area contributed by atoms with Crippen LogP contribution in [0.25, 0.3) is 0 Å². The Balaban J connectivity index is 1.79. The molecular formula is C19H14BrNS. The molecule has 0 aliphatic carbocycles. The van der Waals surface area contributed by atoms with Crippen molar-refractivity contribution in [1.29, 1.82) is 0 Å². The van der Waals surface area contributed by atoms with E-state index in [4.69, 9.17) is 0 Å². The number of anilines is 2. The van der Waals surface area contributed by atoms with Crippen molar-refractivity contribution in [1.82, 2.24) is 0 Å². The fraction of sp³-hybridized carbons (Fsp3) is 0.0526. The Labute approximate surface area is 143 Å². The van der Waals surface area contributed by atoms with Gasteiger partial charge in [0.05, 0.1) is 11.4 Å². The number of hydrogen-bond donors (Lipinski definition) is 0. The minimum Gasteiger partial charge on any atom is -0.335 e. The van der Waals surface area contributed by atoms with Gasteiger partial charge in [-0.15, -0.1) is 0 Å². The minimum absolute atomic E-state index is 0.877. The first-order chi connectivity index (χ1) is 10.8. The molecule has 0 bridgehead atoms. The molecule has 1 nitrogen and oxygen atoms in total. The van der Waals surface area contributed by atoms with Gasteiger partial charge in [-0.25, -0.2) is 0 Å². The molecule has 4 rings (SSSR count). The maximum Gasteiger partial charge on any atom is 0.0556 e. The minimum atomic E-state index is 0.877. The molecule has 0 saturated carbocycles. The van der Waals surface area contributed by atoms with Crippen LogP contribution in [0.2, 0.25) is 0 Å². The summed E-state index contributed by atoms with van der Waals surface area (Å²) in [7, 11) is 0. The third-order valence-corrected chi connectivity index (χ3v) is 5.44. The molecule has 0 spiro atoms. The van der Waals surface area contributed by atoms with Crippen LogP contribution < -0.4 is 4.90 Å². The highest BCUT2D eigenvalue weighted by molar-refractivity contribution is 9.10. The zero-order valence-corrected chi connectivity index (χ0v) is 14.3. The number of nitrogens with zero attached hydrogens (tertiary/aromatic N) is 1. The van der Waals surface area contributed by atoms with E-state index < -0.39 is 0 Å². The van der Waals surface area contributed by atoms with Crippen molar-refractivity contribution < 1.29 is 0 Å². The standard InChI is InChI=1S/C19H14BrNS/c20-15-11-9-14(10-12-15)13-21-16-5-1-3-7-18(16)22-19-8-4-2-6-17(19)21/h1-12H,13H2. The van der Waals surface area contributed by atoms with E-state index in [-0.39, 0.29) is 0 Å². The van der Waals surface area contributed by atoms with Crippen molar-refractivity contribution in [3.05, 3.63) is 82.8 Å². The van der Waals surface area contributed by atoms with Crippen molar-refractivity contribution in [2.45, 2.75) is 16.3 Å². The van der Waals surface area contributed by atoms with E-state index in [0.717, 1.165) is 11.0 Å². The first-order valence-corrected chi connectivity index (χ1v) is 8.80. The molecular weight excluding hydrogens is 354 g/mol. The molecule has 0 aromatic heterocycles. The van der Waals surface area contributed by atoms with Gasteiger partial charge in [-0.3, -0.25) is 0 Å². The molecule has 1 aliphatic heterocycles. The Kier molecular flexibility index (Phi) is 3.68. The van der Waals surface area contributed by atoms with Gasteiger partial charge >= 0.3 is 0 Å². The van der Waals surface area contributed by atoms with Crippen molar-refractivity contribution in [2.24, 2.45) is 0 Å². The fourth-order valence-electron chi connectivity index (χ4n) is 2.72. The largest absolute Gasteiger partial charge is 0.335 e. The Morgan fingerprint density at radius 2 is 1.27 bits per heavy atom. The predicted molar refractivity (Wildman–Crippen MR) is 97.0 cm³/mol. The normalized spacial score (nSPS) is 12.7. The lowest BCUT2D eigenvalue weighted by molar-refractivity contribution is 0.938. The highest BCUT2D eigenvalue weighted by Crippen LogP contribution is 2.48. The van der Waals surface area contributed by atoms with Crippen molar-refractivity contribution in [3.8, 4) is 0 Å². The highest BCUT2D eigenvalue weighted by Gasteiger charge is 2.22. The molecule has 0 fully saturated rings. The Hall–Kier alpha value is -1.71. The number of halogens is 1. The second-order valence-electron chi connectivity index (χ2n) is 5.25. The van der Waals surface area contributed by atoms with Gasteiger partial charge in [0.25, 0.3) is 0 Å². The number of hydrogen-bond acceptors (Lipinski definition) is 2. The Morgan fingerprint density at radius 3 is 1.86 bits per heavy atom. The number of rotatable bonds is 2. The molecule has 0 unspecified atom stereocenters. The van der Waals surface area contributed by atoms with Gasteiger partial charge in [0.15, 0.2) is 0 Å². The molecule has 0 radical (unpaired) electrons. The van der Waals surface area contributed by atoms with Crippen LogP contribution in [0, 0.1) is 0 Å². The maximum atomic E-state index is 3.51. The third-order valence-electron chi connectivity index (χ3n) is 3.79. The van der Waals surface area contributed by atoms with Crippen LogP contribution in [-0.2, 0) is 6.54 Å². The van der Waals surface area contributed by atoms with Gasteiger partial charge in [-0.05, 0) is 42.0 Å². The number of fused-ring (bicyclic) bond motifs is 2. The zero-order chi connectivity index (χ0) is 14.9. The summed E-state index contributed by atoms with van der Waals surface area (Å²) < 4.78 is 1.12. The summed E-state index contributed by atoms with van der Waals surface area (Å²) in [6.45, 7) is 0.877. The molecule has 3 aromatic rings. The highest BCUT2D eigenvalue weighted by atomic mass is 79.9. The van der Waals surface area contributed by atoms with Gasteiger partial charge < -0.3 is 4.90 Å².